The third kappa shape index (κ3) is 5.68. The highest BCUT2D eigenvalue weighted by molar-refractivity contribution is 5.77. The number of aromatic nitrogens is 5. The van der Waals surface area contributed by atoms with Crippen LogP contribution in [0.15, 0.2) is 60.0 Å². The van der Waals surface area contributed by atoms with Crippen LogP contribution in [0.1, 0.15) is 26.0 Å². The van der Waals surface area contributed by atoms with Gasteiger partial charge in [0.2, 0.25) is 5.95 Å². The molecule has 2 fully saturated rings. The molecule has 3 aromatic heterocycles. The van der Waals surface area contributed by atoms with E-state index in [4.69, 9.17) is 9.72 Å². The van der Waals surface area contributed by atoms with Crippen molar-refractivity contribution in [3.8, 4) is 11.6 Å². The average molecular weight is 600 g/mol. The van der Waals surface area contributed by atoms with Crippen LogP contribution in [-0.2, 0) is 12.1 Å². The number of nitrogens with one attached hydrogen (secondary N) is 1. The van der Waals surface area contributed by atoms with Crippen molar-refractivity contribution >= 4 is 28.4 Å². The monoisotopic (exact) mass is 599 g/mol. The number of likely N-dealkylation sites (N-methyl/N-ethyl adjacent to an activating group) is 2. The van der Waals surface area contributed by atoms with Crippen molar-refractivity contribution in [3.63, 3.8) is 0 Å². The van der Waals surface area contributed by atoms with Gasteiger partial charge in [-0.15, -0.1) is 6.58 Å². The molecule has 2 saturated heterocycles. The lowest BCUT2D eigenvalue weighted by molar-refractivity contribution is 0.0738. The van der Waals surface area contributed by atoms with Gasteiger partial charge in [-0.25, -0.2) is 19.3 Å². The molecule has 2 bridgehead atoms. The summed E-state index contributed by atoms with van der Waals surface area (Å²) in [7, 11) is 6.26. The first-order valence-corrected chi connectivity index (χ1v) is 15.0. The van der Waals surface area contributed by atoms with Crippen LogP contribution in [0.5, 0.6) is 5.75 Å². The molecule has 2 aliphatic heterocycles. The Kier molecular flexibility index (Phi) is 7.91. The molecule has 0 radical (unpaired) electrons. The molecule has 0 unspecified atom stereocenters. The molecule has 0 amide bonds. The molecule has 0 saturated carbocycles. The van der Waals surface area contributed by atoms with Crippen LogP contribution in [0, 0.1) is 0 Å². The van der Waals surface area contributed by atoms with E-state index in [-0.39, 0.29) is 12.1 Å². The van der Waals surface area contributed by atoms with E-state index in [1.54, 1.807) is 42.8 Å². The van der Waals surface area contributed by atoms with Crippen molar-refractivity contribution in [3.05, 3.63) is 71.3 Å². The van der Waals surface area contributed by atoms with Crippen LogP contribution in [0.3, 0.4) is 0 Å². The molecule has 0 aliphatic carbocycles. The number of anilines is 3. The molecule has 2 N–H and O–H groups in total. The van der Waals surface area contributed by atoms with Crippen LogP contribution in [0.25, 0.3) is 16.9 Å². The van der Waals surface area contributed by atoms with Gasteiger partial charge in [-0.3, -0.25) is 9.69 Å². The fourth-order valence-corrected chi connectivity index (χ4v) is 6.06. The Labute approximate surface area is 257 Å². The van der Waals surface area contributed by atoms with Gasteiger partial charge in [-0.1, -0.05) is 12.1 Å². The Morgan fingerprint density at radius 3 is 2.68 bits per heavy atom. The van der Waals surface area contributed by atoms with Crippen LogP contribution >= 0.6 is 0 Å². The van der Waals surface area contributed by atoms with Gasteiger partial charge in [0.1, 0.15) is 23.3 Å². The van der Waals surface area contributed by atoms with Crippen molar-refractivity contribution in [2.45, 2.75) is 44.5 Å². The van der Waals surface area contributed by atoms with E-state index in [9.17, 15) is 9.90 Å². The zero-order chi connectivity index (χ0) is 31.2. The molecule has 44 heavy (non-hydrogen) atoms. The molecule has 1 aromatic carbocycles. The number of benzene rings is 1. The third-order valence-electron chi connectivity index (χ3n) is 8.39. The van der Waals surface area contributed by atoms with E-state index < -0.39 is 5.60 Å². The van der Waals surface area contributed by atoms with Gasteiger partial charge in [-0.2, -0.15) is 4.98 Å². The highest BCUT2D eigenvalue weighted by atomic mass is 16.5. The number of hydrogen-bond donors (Lipinski definition) is 2. The van der Waals surface area contributed by atoms with E-state index in [2.05, 4.69) is 49.7 Å². The predicted molar refractivity (Wildman–Crippen MR) is 172 cm³/mol. The first-order valence-electron chi connectivity index (χ1n) is 15.0. The minimum absolute atomic E-state index is 0.246. The molecule has 6 rings (SSSR count). The maximum absolute atomic E-state index is 13.4. The highest BCUT2D eigenvalue weighted by Crippen LogP contribution is 2.40. The number of rotatable bonds is 11. The van der Waals surface area contributed by atoms with E-state index in [0.717, 1.165) is 36.8 Å². The van der Waals surface area contributed by atoms with Crippen LogP contribution < -0.4 is 20.5 Å². The average Bonchev–Trinajstić information content (AvgIpc) is 3.64. The second-order valence-electron chi connectivity index (χ2n) is 12.5. The van der Waals surface area contributed by atoms with Crippen molar-refractivity contribution in [2.24, 2.45) is 0 Å². The number of aliphatic hydroxyl groups is 1. The first-order chi connectivity index (χ1) is 21.0. The maximum Gasteiger partial charge on any atom is 0.278 e. The van der Waals surface area contributed by atoms with Gasteiger partial charge in [-0.05, 0) is 65.7 Å². The Balaban J connectivity index is 1.36. The van der Waals surface area contributed by atoms with Crippen molar-refractivity contribution in [2.75, 3.05) is 57.6 Å². The molecular weight excluding hydrogens is 558 g/mol. The summed E-state index contributed by atoms with van der Waals surface area (Å²) in [6, 6.07) is 12.5. The number of fused-ring (bicyclic) bond motifs is 3. The Bertz CT molecular complexity index is 1740. The van der Waals surface area contributed by atoms with Gasteiger partial charge in [0.15, 0.2) is 11.5 Å². The lowest BCUT2D eigenvalue weighted by Gasteiger charge is -2.34. The first kappa shape index (κ1) is 29.8. The van der Waals surface area contributed by atoms with Crippen LogP contribution in [0.4, 0.5) is 17.3 Å². The van der Waals surface area contributed by atoms with Gasteiger partial charge in [0.05, 0.1) is 17.9 Å². The summed E-state index contributed by atoms with van der Waals surface area (Å²) in [5, 5.41) is 14.3. The highest BCUT2D eigenvalue weighted by Gasteiger charge is 2.42. The van der Waals surface area contributed by atoms with E-state index >= 15 is 0 Å². The SMILES string of the molecule is C=CCn1c(=O)c2cnc(Nc3ccc(N4C[C@@H]5C[C@H]4CN5C)c(OCCN(C)C)c3)nc2n1-c1cccc(C(C)(C)O)n1. The summed E-state index contributed by atoms with van der Waals surface area (Å²) in [6.45, 7) is 10.8. The third-order valence-corrected chi connectivity index (χ3v) is 8.39. The number of ether oxygens (including phenoxy) is 1. The van der Waals surface area contributed by atoms with E-state index in [1.165, 1.54) is 17.3 Å². The Morgan fingerprint density at radius 1 is 1.18 bits per heavy atom. The van der Waals surface area contributed by atoms with Crippen molar-refractivity contribution in [1.82, 2.24) is 34.1 Å². The lowest BCUT2D eigenvalue weighted by Crippen LogP contribution is -2.44. The standard InChI is InChI=1S/C32H41N9O3/c1-7-13-40-30(42)24-18-33-31(36-29(24)41(40)28-10-8-9-27(35-28)32(2,3)43)34-21-11-12-25(26(16-21)44-15-14-37(4)5)39-20-22-17-23(39)19-38(22)6/h7-12,16,18,22-23,43H,1,13-15,17,19-20H2,2-6H3,(H,33,34,36)/t22-,23-/m0/s1. The molecule has 0 spiro atoms. The van der Waals surface area contributed by atoms with Crippen LogP contribution in [0.2, 0.25) is 0 Å². The van der Waals surface area contributed by atoms with Gasteiger partial charge in [0, 0.05) is 49.7 Å². The summed E-state index contributed by atoms with van der Waals surface area (Å²) < 4.78 is 9.51. The zero-order valence-electron chi connectivity index (χ0n) is 26.1. The summed E-state index contributed by atoms with van der Waals surface area (Å²) in [5.41, 5.74) is 1.32. The zero-order valence-corrected chi connectivity index (χ0v) is 26.1. The predicted octanol–water partition coefficient (Wildman–Crippen LogP) is 2.97. The van der Waals surface area contributed by atoms with E-state index in [1.807, 2.05) is 26.2 Å². The molecule has 5 heterocycles. The second kappa shape index (κ2) is 11.7. The Morgan fingerprint density at radius 2 is 2.00 bits per heavy atom. The number of likely N-dealkylation sites (tertiary alicyclic amines) is 1. The summed E-state index contributed by atoms with van der Waals surface area (Å²) in [4.78, 5) is 34.3. The smallest absolute Gasteiger partial charge is 0.278 e. The van der Waals surface area contributed by atoms with Crippen molar-refractivity contribution in [1.29, 1.82) is 0 Å². The maximum atomic E-state index is 13.4. The molecule has 232 valence electrons. The fourth-order valence-electron chi connectivity index (χ4n) is 6.06. The molecule has 2 atom stereocenters. The second-order valence-corrected chi connectivity index (χ2v) is 12.5. The molecule has 4 aromatic rings. The molecular formula is C32H41N9O3. The molecule has 2 aliphatic rings. The number of hydrogen-bond acceptors (Lipinski definition) is 10. The number of nitrogens with zero attached hydrogens (tertiary/aromatic N) is 8. The van der Waals surface area contributed by atoms with Gasteiger partial charge >= 0.3 is 0 Å². The summed E-state index contributed by atoms with van der Waals surface area (Å²) in [6.07, 6.45) is 4.35. The molecule has 12 nitrogen and oxygen atoms in total. The normalized spacial score (nSPS) is 18.5. The lowest BCUT2D eigenvalue weighted by atomic mass is 10.1. The minimum Gasteiger partial charge on any atom is -0.490 e. The topological polar surface area (TPSA) is 117 Å². The van der Waals surface area contributed by atoms with Gasteiger partial charge < -0.3 is 25.0 Å². The Hall–Kier alpha value is -4.26. The van der Waals surface area contributed by atoms with E-state index in [0.29, 0.717) is 47.2 Å². The minimum atomic E-state index is -1.16. The van der Waals surface area contributed by atoms with Crippen LogP contribution in [-0.4, -0.2) is 98.7 Å². The largest absolute Gasteiger partial charge is 0.490 e. The number of pyridine rings is 1. The summed E-state index contributed by atoms with van der Waals surface area (Å²) >= 11 is 0. The summed E-state index contributed by atoms with van der Waals surface area (Å²) in [5.74, 6) is 1.60. The van der Waals surface area contributed by atoms with Crippen molar-refractivity contribution < 1.29 is 9.84 Å². The number of allylic oxidation sites excluding steroid dienone is 1. The number of piperazine rings is 1. The fraction of sp³-hybridized carbons (Fsp3) is 0.438. The molecule has 12 heteroatoms. The quantitative estimate of drug-likeness (QED) is 0.249. The van der Waals surface area contributed by atoms with Gasteiger partial charge in [0.25, 0.3) is 5.56 Å².